The molecule has 1 aliphatic rings. The highest BCUT2D eigenvalue weighted by Gasteiger charge is 2.37. The number of esters is 2. The van der Waals surface area contributed by atoms with Gasteiger partial charge in [0, 0.05) is 23.6 Å². The zero-order valence-corrected chi connectivity index (χ0v) is 20.1. The molecule has 180 valence electrons. The van der Waals surface area contributed by atoms with E-state index in [1.165, 1.54) is 47.6 Å². The normalized spacial score (nSPS) is 15.1. The number of hydrogen-bond donors (Lipinski definition) is 0. The van der Waals surface area contributed by atoms with Crippen molar-refractivity contribution in [3.05, 3.63) is 75.4 Å². The number of benzene rings is 2. The van der Waals surface area contributed by atoms with Crippen LogP contribution in [0.5, 0.6) is 11.5 Å². The van der Waals surface area contributed by atoms with Crippen LogP contribution >= 0.6 is 22.9 Å². The van der Waals surface area contributed by atoms with Gasteiger partial charge in [-0.1, -0.05) is 17.7 Å². The van der Waals surface area contributed by atoms with Gasteiger partial charge in [0.1, 0.15) is 16.4 Å². The molecule has 4 rings (SSSR count). The van der Waals surface area contributed by atoms with Crippen LogP contribution in [-0.4, -0.2) is 43.9 Å². The Morgan fingerprint density at radius 2 is 1.89 bits per heavy atom. The molecule has 0 N–H and O–H groups in total. The molecule has 1 saturated heterocycles. The Morgan fingerprint density at radius 1 is 1.11 bits per heavy atom. The third-order valence-corrected chi connectivity index (χ3v) is 6.43. The second-order valence-corrected chi connectivity index (χ2v) is 9.03. The van der Waals surface area contributed by atoms with Gasteiger partial charge in [0.25, 0.3) is 0 Å². The fourth-order valence-electron chi connectivity index (χ4n) is 3.57. The van der Waals surface area contributed by atoms with Crippen molar-refractivity contribution in [1.29, 1.82) is 0 Å². The molecule has 0 radical (unpaired) electrons. The first-order valence-corrected chi connectivity index (χ1v) is 11.8. The number of carbonyl (C=O) groups excluding carboxylic acids is 4. The Hall–Kier alpha value is -3.69. The number of hydrogen-bond acceptors (Lipinski definition) is 8. The van der Waals surface area contributed by atoms with E-state index in [2.05, 4.69) is 0 Å². The van der Waals surface area contributed by atoms with Crippen LogP contribution in [0.1, 0.15) is 26.5 Å². The summed E-state index contributed by atoms with van der Waals surface area (Å²) in [6, 6.07) is 14.2. The lowest BCUT2D eigenvalue weighted by Crippen LogP contribution is -2.27. The summed E-state index contributed by atoms with van der Waals surface area (Å²) < 4.78 is 15.7. The summed E-state index contributed by atoms with van der Waals surface area (Å²) in [7, 11) is 1.48. The van der Waals surface area contributed by atoms with E-state index in [9.17, 15) is 19.2 Å². The van der Waals surface area contributed by atoms with E-state index >= 15 is 0 Å². The molecule has 0 spiro atoms. The standard InChI is InChI=1S/C25H20ClNO7S/c1-32-21-9-6-17(26)12-19(21)27-13-16(11-23(27)29)24(30)33-14-20(28)15-4-7-18(8-5-15)34-25(31)22-3-2-10-35-22/h2-10,12,16H,11,13-14H2,1H3/t16-/m0/s1. The van der Waals surface area contributed by atoms with E-state index in [-0.39, 0.29) is 24.6 Å². The van der Waals surface area contributed by atoms with Crippen molar-refractivity contribution in [3.8, 4) is 11.5 Å². The zero-order chi connectivity index (χ0) is 24.9. The van der Waals surface area contributed by atoms with Crippen molar-refractivity contribution in [1.82, 2.24) is 0 Å². The van der Waals surface area contributed by atoms with E-state index < -0.39 is 30.2 Å². The first-order valence-electron chi connectivity index (χ1n) is 10.5. The average Bonchev–Trinajstić information content (AvgIpc) is 3.53. The minimum atomic E-state index is -0.724. The van der Waals surface area contributed by atoms with Gasteiger partial charge in [-0.15, -0.1) is 11.3 Å². The highest BCUT2D eigenvalue weighted by atomic mass is 35.5. The lowest BCUT2D eigenvalue weighted by Gasteiger charge is -2.19. The summed E-state index contributed by atoms with van der Waals surface area (Å²) in [6.45, 7) is -0.384. The summed E-state index contributed by atoms with van der Waals surface area (Å²) in [5, 5.41) is 2.20. The van der Waals surface area contributed by atoms with Crippen molar-refractivity contribution in [3.63, 3.8) is 0 Å². The Balaban J connectivity index is 1.31. The van der Waals surface area contributed by atoms with Crippen LogP contribution in [0.15, 0.2) is 60.0 Å². The quantitative estimate of drug-likeness (QED) is 0.250. The van der Waals surface area contributed by atoms with Gasteiger partial charge in [0.15, 0.2) is 12.4 Å². The van der Waals surface area contributed by atoms with E-state index in [4.69, 9.17) is 25.8 Å². The van der Waals surface area contributed by atoms with Crippen LogP contribution in [0.25, 0.3) is 0 Å². The zero-order valence-electron chi connectivity index (χ0n) is 18.6. The molecule has 3 aromatic rings. The molecular formula is C25H20ClNO7S. The van der Waals surface area contributed by atoms with Gasteiger partial charge in [-0.25, -0.2) is 4.79 Å². The number of rotatable bonds is 8. The highest BCUT2D eigenvalue weighted by molar-refractivity contribution is 7.12. The topological polar surface area (TPSA) is 99.2 Å². The van der Waals surface area contributed by atoms with E-state index in [1.54, 1.807) is 35.7 Å². The summed E-state index contributed by atoms with van der Waals surface area (Å²) in [4.78, 5) is 51.4. The maximum absolute atomic E-state index is 12.5. The second-order valence-electron chi connectivity index (χ2n) is 7.64. The molecule has 0 unspecified atom stereocenters. The molecule has 0 saturated carbocycles. The minimum Gasteiger partial charge on any atom is -0.495 e. The molecule has 8 nitrogen and oxygen atoms in total. The predicted octanol–water partition coefficient (Wildman–Crippen LogP) is 4.41. The second kappa shape index (κ2) is 10.7. The molecule has 0 aliphatic carbocycles. The molecule has 10 heteroatoms. The number of thiophene rings is 1. The maximum Gasteiger partial charge on any atom is 0.353 e. The third kappa shape index (κ3) is 5.70. The van der Waals surface area contributed by atoms with Crippen molar-refractivity contribution in [2.75, 3.05) is 25.2 Å². The minimum absolute atomic E-state index is 0.0486. The SMILES string of the molecule is COc1ccc(Cl)cc1N1C[C@@H](C(=O)OCC(=O)c2ccc(OC(=O)c3cccs3)cc2)CC1=O. The molecule has 2 aromatic carbocycles. The van der Waals surface area contributed by atoms with Gasteiger partial charge < -0.3 is 19.1 Å². The monoisotopic (exact) mass is 513 g/mol. The van der Waals surface area contributed by atoms with Gasteiger partial charge >= 0.3 is 11.9 Å². The summed E-state index contributed by atoms with van der Waals surface area (Å²) in [6.07, 6.45) is -0.0486. The lowest BCUT2D eigenvalue weighted by molar-refractivity contribution is -0.147. The first-order chi connectivity index (χ1) is 16.9. The van der Waals surface area contributed by atoms with Crippen molar-refractivity contribution in [2.24, 2.45) is 5.92 Å². The molecule has 1 amide bonds. The van der Waals surface area contributed by atoms with Gasteiger partial charge in [-0.05, 0) is 53.9 Å². The van der Waals surface area contributed by atoms with Gasteiger partial charge in [0.05, 0.1) is 18.7 Å². The number of methoxy groups -OCH3 is 1. The number of carbonyl (C=O) groups is 4. The molecule has 1 aromatic heterocycles. The van der Waals surface area contributed by atoms with Crippen molar-refractivity contribution < 1.29 is 33.4 Å². The smallest absolute Gasteiger partial charge is 0.353 e. The Bertz CT molecular complexity index is 1260. The van der Waals surface area contributed by atoms with Crippen LogP contribution in [0, 0.1) is 5.92 Å². The van der Waals surface area contributed by atoms with E-state index in [1.807, 2.05) is 0 Å². The molecule has 1 fully saturated rings. The largest absolute Gasteiger partial charge is 0.495 e. The Labute approximate surface area is 210 Å². The third-order valence-electron chi connectivity index (χ3n) is 5.34. The Kier molecular flexibility index (Phi) is 7.48. The number of ketones is 1. The number of nitrogens with zero attached hydrogens (tertiary/aromatic N) is 1. The molecule has 1 aliphatic heterocycles. The number of amides is 1. The summed E-state index contributed by atoms with van der Waals surface area (Å²) in [5.74, 6) is -1.80. The van der Waals surface area contributed by atoms with E-state index in [0.717, 1.165) is 0 Å². The van der Waals surface area contributed by atoms with Gasteiger partial charge in [-0.2, -0.15) is 0 Å². The fraction of sp³-hybridized carbons (Fsp3) is 0.200. The van der Waals surface area contributed by atoms with Gasteiger partial charge in [-0.3, -0.25) is 14.4 Å². The fourth-order valence-corrected chi connectivity index (χ4v) is 4.34. The average molecular weight is 514 g/mol. The first kappa shape index (κ1) is 24.4. The van der Waals surface area contributed by atoms with Crippen LogP contribution in [0.3, 0.4) is 0 Å². The van der Waals surface area contributed by atoms with Crippen LogP contribution in [0.4, 0.5) is 5.69 Å². The lowest BCUT2D eigenvalue weighted by atomic mass is 10.1. The molecular weight excluding hydrogens is 494 g/mol. The van der Waals surface area contributed by atoms with Crippen molar-refractivity contribution >= 4 is 52.3 Å². The van der Waals surface area contributed by atoms with Crippen LogP contribution in [0.2, 0.25) is 5.02 Å². The van der Waals surface area contributed by atoms with Crippen LogP contribution < -0.4 is 14.4 Å². The summed E-state index contributed by atoms with van der Waals surface area (Å²) in [5.41, 5.74) is 0.762. The maximum atomic E-state index is 12.5. The molecule has 1 atom stereocenters. The molecule has 35 heavy (non-hydrogen) atoms. The number of ether oxygens (including phenoxy) is 3. The van der Waals surface area contributed by atoms with Gasteiger partial charge in [0.2, 0.25) is 5.91 Å². The number of halogens is 1. The van der Waals surface area contributed by atoms with Crippen LogP contribution in [-0.2, 0) is 14.3 Å². The summed E-state index contributed by atoms with van der Waals surface area (Å²) >= 11 is 7.32. The predicted molar refractivity (Wildman–Crippen MR) is 129 cm³/mol. The number of Topliss-reactive ketones (excluding diaryl/α,β-unsaturated/α-hetero) is 1. The molecule has 0 bridgehead atoms. The Morgan fingerprint density at radius 3 is 2.57 bits per heavy atom. The van der Waals surface area contributed by atoms with E-state index in [0.29, 0.717) is 26.9 Å². The molecule has 2 heterocycles. The van der Waals surface area contributed by atoms with Crippen molar-refractivity contribution in [2.45, 2.75) is 6.42 Å². The number of anilines is 1. The highest BCUT2D eigenvalue weighted by Crippen LogP contribution is 2.35.